The molecular weight excluding hydrogens is 370 g/mol. The highest BCUT2D eigenvalue weighted by atomic mass is 16.7. The summed E-state index contributed by atoms with van der Waals surface area (Å²) in [5, 5.41) is 3.30. The topological polar surface area (TPSA) is 72.9 Å². The van der Waals surface area contributed by atoms with Gasteiger partial charge in [-0.3, -0.25) is 4.79 Å². The van der Waals surface area contributed by atoms with Gasteiger partial charge in [0.05, 0.1) is 25.9 Å². The molecule has 0 unspecified atom stereocenters. The lowest BCUT2D eigenvalue weighted by atomic mass is 10.0. The number of rotatable bonds is 6. The predicted octanol–water partition coefficient (Wildman–Crippen LogP) is 2.72. The van der Waals surface area contributed by atoms with E-state index in [9.17, 15) is 4.79 Å². The van der Waals surface area contributed by atoms with Crippen molar-refractivity contribution in [1.29, 1.82) is 0 Å². The smallest absolute Gasteiger partial charge is 0.255 e. The summed E-state index contributed by atoms with van der Waals surface area (Å²) in [4.78, 5) is 19.0. The third kappa shape index (κ3) is 4.68. The molecule has 1 spiro atoms. The molecule has 0 aliphatic carbocycles. The van der Waals surface area contributed by atoms with Crippen LogP contribution in [-0.2, 0) is 15.9 Å². The highest BCUT2D eigenvalue weighted by Crippen LogP contribution is 2.31. The number of nitrogens with one attached hydrogen (secondary N) is 1. The summed E-state index contributed by atoms with van der Waals surface area (Å²) in [6.07, 6.45) is 3.94. The Hall–Kier alpha value is -2.64. The van der Waals surface area contributed by atoms with Crippen LogP contribution in [0.4, 0.5) is 5.82 Å². The van der Waals surface area contributed by atoms with Gasteiger partial charge >= 0.3 is 0 Å². The zero-order chi connectivity index (χ0) is 20.1. The Bertz CT molecular complexity index is 824. The van der Waals surface area contributed by atoms with Gasteiger partial charge < -0.3 is 24.4 Å². The summed E-state index contributed by atoms with van der Waals surface area (Å²) in [7, 11) is 1.67. The van der Waals surface area contributed by atoms with Gasteiger partial charge in [-0.05, 0) is 36.2 Å². The number of likely N-dealkylation sites (tertiary alicyclic amines) is 1. The number of benzene rings is 1. The van der Waals surface area contributed by atoms with Crippen LogP contribution in [0.15, 0.2) is 42.6 Å². The zero-order valence-electron chi connectivity index (χ0n) is 16.7. The van der Waals surface area contributed by atoms with Crippen LogP contribution < -0.4 is 10.1 Å². The molecule has 3 heterocycles. The highest BCUT2D eigenvalue weighted by Gasteiger charge is 2.40. The molecule has 0 bridgehead atoms. The minimum absolute atomic E-state index is 0.00766. The fourth-order valence-electron chi connectivity index (χ4n) is 3.81. The number of amides is 1. The van der Waals surface area contributed by atoms with Crippen molar-refractivity contribution in [2.24, 2.45) is 0 Å². The monoisotopic (exact) mass is 397 g/mol. The quantitative estimate of drug-likeness (QED) is 0.808. The fraction of sp³-hybridized carbons (Fsp3) is 0.455. The standard InChI is InChI=1S/C22H27N3O4/c1-27-19-4-2-3-17(15-19)7-10-23-20-6-5-18(16-24-20)21(26)25-11-8-22(9-12-25)28-13-14-29-22/h2-6,15-16H,7-14H2,1H3,(H,23,24). The van der Waals surface area contributed by atoms with E-state index < -0.39 is 5.79 Å². The number of piperidine rings is 1. The van der Waals surface area contributed by atoms with E-state index in [1.807, 2.05) is 35.2 Å². The van der Waals surface area contributed by atoms with Crippen LogP contribution in [0.5, 0.6) is 5.75 Å². The number of pyridine rings is 1. The molecule has 7 nitrogen and oxygen atoms in total. The molecule has 0 atom stereocenters. The van der Waals surface area contributed by atoms with E-state index in [2.05, 4.69) is 16.4 Å². The summed E-state index contributed by atoms with van der Waals surface area (Å²) in [6.45, 7) is 3.31. The van der Waals surface area contributed by atoms with Crippen LogP contribution in [0, 0.1) is 0 Å². The summed E-state index contributed by atoms with van der Waals surface area (Å²) < 4.78 is 16.7. The van der Waals surface area contributed by atoms with Crippen LogP contribution in [0.3, 0.4) is 0 Å². The Labute approximate surface area is 171 Å². The number of anilines is 1. The van der Waals surface area contributed by atoms with E-state index in [4.69, 9.17) is 14.2 Å². The van der Waals surface area contributed by atoms with Gasteiger partial charge in [-0.2, -0.15) is 0 Å². The Kier molecular flexibility index (Phi) is 5.97. The Balaban J connectivity index is 1.27. The molecular formula is C22H27N3O4. The first-order chi connectivity index (χ1) is 14.2. The molecule has 2 fully saturated rings. The fourth-order valence-corrected chi connectivity index (χ4v) is 3.81. The Morgan fingerprint density at radius 3 is 2.69 bits per heavy atom. The number of hydrogen-bond acceptors (Lipinski definition) is 6. The van der Waals surface area contributed by atoms with Crippen molar-refractivity contribution in [3.63, 3.8) is 0 Å². The van der Waals surface area contributed by atoms with Gasteiger partial charge in [-0.15, -0.1) is 0 Å². The van der Waals surface area contributed by atoms with E-state index in [0.29, 0.717) is 31.9 Å². The van der Waals surface area contributed by atoms with Crippen LogP contribution in [-0.4, -0.2) is 61.5 Å². The SMILES string of the molecule is COc1cccc(CCNc2ccc(C(=O)N3CCC4(CC3)OCCO4)cn2)c1. The molecule has 4 rings (SSSR count). The van der Waals surface area contributed by atoms with Crippen molar-refractivity contribution < 1.29 is 19.0 Å². The summed E-state index contributed by atoms with van der Waals surface area (Å²) in [6, 6.07) is 11.7. The summed E-state index contributed by atoms with van der Waals surface area (Å²) in [5.41, 5.74) is 1.80. The maximum Gasteiger partial charge on any atom is 0.255 e. The molecule has 1 N–H and O–H groups in total. The minimum Gasteiger partial charge on any atom is -0.497 e. The van der Waals surface area contributed by atoms with Gasteiger partial charge in [0.2, 0.25) is 0 Å². The van der Waals surface area contributed by atoms with Crippen molar-refractivity contribution in [3.05, 3.63) is 53.7 Å². The van der Waals surface area contributed by atoms with Gasteiger partial charge in [-0.1, -0.05) is 12.1 Å². The number of carbonyl (C=O) groups excluding carboxylic acids is 1. The third-order valence-electron chi connectivity index (χ3n) is 5.49. The van der Waals surface area contributed by atoms with Crippen molar-refractivity contribution in [2.75, 3.05) is 45.3 Å². The number of carbonyl (C=O) groups is 1. The molecule has 1 amide bonds. The highest BCUT2D eigenvalue weighted by molar-refractivity contribution is 5.94. The van der Waals surface area contributed by atoms with Gasteiger partial charge in [0.1, 0.15) is 11.6 Å². The molecule has 1 aromatic heterocycles. The molecule has 2 aliphatic rings. The number of aromatic nitrogens is 1. The summed E-state index contributed by atoms with van der Waals surface area (Å²) >= 11 is 0. The Morgan fingerprint density at radius 2 is 2.00 bits per heavy atom. The molecule has 154 valence electrons. The molecule has 0 saturated carbocycles. The van der Waals surface area contributed by atoms with Gasteiger partial charge in [0, 0.05) is 38.7 Å². The van der Waals surface area contributed by atoms with E-state index in [1.165, 1.54) is 5.56 Å². The lowest BCUT2D eigenvalue weighted by Gasteiger charge is -2.37. The molecule has 29 heavy (non-hydrogen) atoms. The number of ether oxygens (including phenoxy) is 3. The van der Waals surface area contributed by atoms with E-state index >= 15 is 0 Å². The number of hydrogen-bond donors (Lipinski definition) is 1. The molecule has 2 saturated heterocycles. The van der Waals surface area contributed by atoms with Gasteiger partial charge in [0.15, 0.2) is 5.79 Å². The maximum absolute atomic E-state index is 12.7. The first kappa shape index (κ1) is 19.7. The average Bonchev–Trinajstić information content (AvgIpc) is 3.22. The van der Waals surface area contributed by atoms with Gasteiger partial charge in [0.25, 0.3) is 5.91 Å². The zero-order valence-corrected chi connectivity index (χ0v) is 16.7. The van der Waals surface area contributed by atoms with Crippen LogP contribution >= 0.6 is 0 Å². The van der Waals surface area contributed by atoms with Crippen LogP contribution in [0.2, 0.25) is 0 Å². The summed E-state index contributed by atoms with van der Waals surface area (Å²) in [5.74, 6) is 1.16. The van der Waals surface area contributed by atoms with Crippen molar-refractivity contribution in [2.45, 2.75) is 25.0 Å². The molecule has 2 aromatic rings. The Morgan fingerprint density at radius 1 is 1.21 bits per heavy atom. The molecule has 7 heteroatoms. The van der Waals surface area contributed by atoms with Gasteiger partial charge in [-0.25, -0.2) is 4.98 Å². The lowest BCUT2D eigenvalue weighted by molar-refractivity contribution is -0.181. The van der Waals surface area contributed by atoms with Crippen molar-refractivity contribution >= 4 is 11.7 Å². The van der Waals surface area contributed by atoms with Crippen LogP contribution in [0.25, 0.3) is 0 Å². The number of methoxy groups -OCH3 is 1. The maximum atomic E-state index is 12.7. The van der Waals surface area contributed by atoms with E-state index in [1.54, 1.807) is 13.3 Å². The normalized spacial score (nSPS) is 18.0. The van der Waals surface area contributed by atoms with Crippen LogP contribution in [0.1, 0.15) is 28.8 Å². The lowest BCUT2D eigenvalue weighted by Crippen LogP contribution is -2.47. The largest absolute Gasteiger partial charge is 0.497 e. The second-order valence-corrected chi connectivity index (χ2v) is 7.36. The van der Waals surface area contributed by atoms with E-state index in [0.717, 1.165) is 37.4 Å². The van der Waals surface area contributed by atoms with Crippen molar-refractivity contribution in [3.8, 4) is 5.75 Å². The van der Waals surface area contributed by atoms with E-state index in [-0.39, 0.29) is 5.91 Å². The molecule has 1 aromatic carbocycles. The minimum atomic E-state index is -0.467. The first-order valence-electron chi connectivity index (χ1n) is 10.1. The first-order valence-corrected chi connectivity index (χ1v) is 10.1. The van der Waals surface area contributed by atoms with Crippen molar-refractivity contribution in [1.82, 2.24) is 9.88 Å². The second kappa shape index (κ2) is 8.80. The second-order valence-electron chi connectivity index (χ2n) is 7.36. The average molecular weight is 397 g/mol. The third-order valence-corrected chi connectivity index (χ3v) is 5.49. The predicted molar refractivity (Wildman–Crippen MR) is 109 cm³/mol. The molecule has 2 aliphatic heterocycles. The number of nitrogens with zero attached hydrogens (tertiary/aromatic N) is 2. The molecule has 0 radical (unpaired) electrons.